The molecule has 0 spiro atoms. The number of benzene rings is 2. The minimum Gasteiger partial charge on any atom is -0.379 e. The highest BCUT2D eigenvalue weighted by atomic mass is 35.5. The molecule has 2 aromatic carbocycles. The Hall–Kier alpha value is -5.16. The molecular formula is C50H74ClN7O9. The average Bonchev–Trinajstić information content (AvgIpc) is 3.93. The Labute approximate surface area is 402 Å². The van der Waals surface area contributed by atoms with Gasteiger partial charge in [0, 0.05) is 71.6 Å². The van der Waals surface area contributed by atoms with E-state index in [1.807, 2.05) is 58.0 Å². The lowest BCUT2D eigenvalue weighted by molar-refractivity contribution is -0.146. The number of anilines is 1. The van der Waals surface area contributed by atoms with Crippen LogP contribution in [0.25, 0.3) is 0 Å². The molecule has 1 fully saturated rings. The molecule has 0 bridgehead atoms. The van der Waals surface area contributed by atoms with Gasteiger partial charge < -0.3 is 41.0 Å². The van der Waals surface area contributed by atoms with Crippen molar-refractivity contribution in [3.8, 4) is 0 Å². The Balaban J connectivity index is 0.0000119. The van der Waals surface area contributed by atoms with Gasteiger partial charge in [0.1, 0.15) is 6.04 Å². The summed E-state index contributed by atoms with van der Waals surface area (Å²) in [6.45, 7) is 10.7. The largest absolute Gasteiger partial charge is 0.379 e. The molecule has 17 heteroatoms. The molecule has 7 amide bonds. The number of halogens is 1. The number of imide groups is 1. The number of nitrogens with one attached hydrogen (secondary N) is 3. The lowest BCUT2D eigenvalue weighted by Crippen LogP contribution is -2.56. The third-order valence-electron chi connectivity index (χ3n) is 13.1. The smallest absolute Gasteiger partial charge is 0.253 e. The van der Waals surface area contributed by atoms with E-state index in [0.29, 0.717) is 57.4 Å². The van der Waals surface area contributed by atoms with Crippen LogP contribution in [-0.2, 0) is 56.0 Å². The topological polar surface area (TPSA) is 210 Å². The fraction of sp³-hybridized carbons (Fsp3) is 0.580. The van der Waals surface area contributed by atoms with Gasteiger partial charge >= 0.3 is 0 Å². The van der Waals surface area contributed by atoms with Crippen molar-refractivity contribution in [2.45, 2.75) is 135 Å². The molecule has 67 heavy (non-hydrogen) atoms. The summed E-state index contributed by atoms with van der Waals surface area (Å²) in [4.78, 5) is 96.2. The van der Waals surface area contributed by atoms with E-state index in [2.05, 4.69) is 16.0 Å². The molecule has 2 heterocycles. The molecule has 5 N–H and O–H groups in total. The first-order valence-corrected chi connectivity index (χ1v) is 23.4. The molecule has 0 radical (unpaired) electrons. The van der Waals surface area contributed by atoms with Crippen LogP contribution in [0.5, 0.6) is 0 Å². The van der Waals surface area contributed by atoms with Crippen LogP contribution < -0.4 is 21.7 Å². The Morgan fingerprint density at radius 3 is 2.12 bits per heavy atom. The number of methoxy groups -OCH3 is 2. The number of hydrogen-bond donors (Lipinski definition) is 4. The third kappa shape index (κ3) is 16.0. The highest BCUT2D eigenvalue weighted by molar-refractivity contribution is 6.12. The maximum Gasteiger partial charge on any atom is 0.253 e. The molecule has 0 aromatic heterocycles. The van der Waals surface area contributed by atoms with Crippen molar-refractivity contribution in [3.63, 3.8) is 0 Å². The normalized spacial score (nSPS) is 17.8. The number of amides is 7. The fourth-order valence-corrected chi connectivity index (χ4v) is 8.80. The second-order valence-corrected chi connectivity index (χ2v) is 18.0. The van der Waals surface area contributed by atoms with Crippen molar-refractivity contribution in [2.24, 2.45) is 23.5 Å². The number of nitrogens with two attached hydrogens (primary N) is 1. The summed E-state index contributed by atoms with van der Waals surface area (Å²) in [7, 11) is 4.81. The van der Waals surface area contributed by atoms with Crippen LogP contribution in [0.2, 0.25) is 0 Å². The second kappa shape index (κ2) is 27.6. The van der Waals surface area contributed by atoms with Gasteiger partial charge in [-0.05, 0) is 60.8 Å². The number of rotatable bonds is 26. The molecule has 0 unspecified atom stereocenters. The summed E-state index contributed by atoms with van der Waals surface area (Å²) in [5.41, 5.74) is 8.47. The molecule has 16 nitrogen and oxygen atoms in total. The lowest BCUT2D eigenvalue weighted by atomic mass is 9.89. The van der Waals surface area contributed by atoms with Gasteiger partial charge in [-0.2, -0.15) is 0 Å². The van der Waals surface area contributed by atoms with Gasteiger partial charge in [-0.1, -0.05) is 89.9 Å². The SMILES string of the molecule is CC[C@H](C)[C@@H]([C@@H](CC(=O)N1CCC[C@H]1[C@H](OC)[C@@H](C)C(=O)N[C@@H](Cc1ccccc1)C(=O)Nc1ccc(CNC(=O)CCCCCN2C(=O)C=CC2=O)cc1)OC)N(C)C(=O)[C@@H](N)C(C)C.Cl. The Kier molecular flexibility index (Phi) is 23.1. The Bertz CT molecular complexity index is 1970. The monoisotopic (exact) mass is 952 g/mol. The van der Waals surface area contributed by atoms with Crippen molar-refractivity contribution in [1.29, 1.82) is 0 Å². The van der Waals surface area contributed by atoms with Gasteiger partial charge in [0.15, 0.2) is 0 Å². The van der Waals surface area contributed by atoms with Crippen LogP contribution >= 0.6 is 12.4 Å². The number of carbonyl (C=O) groups is 7. The van der Waals surface area contributed by atoms with Crippen LogP contribution in [0.3, 0.4) is 0 Å². The van der Waals surface area contributed by atoms with E-state index >= 15 is 0 Å². The molecule has 2 aliphatic heterocycles. The second-order valence-electron chi connectivity index (χ2n) is 18.0. The molecule has 0 saturated carbocycles. The van der Waals surface area contributed by atoms with Gasteiger partial charge in [0.25, 0.3) is 11.8 Å². The van der Waals surface area contributed by atoms with Crippen molar-refractivity contribution >= 4 is 59.4 Å². The Morgan fingerprint density at radius 2 is 1.52 bits per heavy atom. The number of likely N-dealkylation sites (N-methyl/N-ethyl adjacent to an activating group) is 1. The van der Waals surface area contributed by atoms with E-state index in [-0.39, 0.29) is 66.6 Å². The molecule has 2 aromatic rings. The highest BCUT2D eigenvalue weighted by Gasteiger charge is 2.43. The molecule has 8 atom stereocenters. The maximum absolute atomic E-state index is 14.2. The van der Waals surface area contributed by atoms with Gasteiger partial charge in [-0.3, -0.25) is 38.5 Å². The summed E-state index contributed by atoms with van der Waals surface area (Å²) in [6.07, 6.45) is 5.85. The summed E-state index contributed by atoms with van der Waals surface area (Å²) >= 11 is 0. The van der Waals surface area contributed by atoms with Crippen LogP contribution in [0.4, 0.5) is 5.69 Å². The lowest BCUT2D eigenvalue weighted by Gasteiger charge is -2.40. The summed E-state index contributed by atoms with van der Waals surface area (Å²) in [6, 6.07) is 14.0. The molecule has 1 saturated heterocycles. The van der Waals surface area contributed by atoms with Crippen molar-refractivity contribution in [2.75, 3.05) is 39.7 Å². The number of unbranched alkanes of at least 4 members (excludes halogenated alkanes) is 2. The summed E-state index contributed by atoms with van der Waals surface area (Å²) < 4.78 is 12.0. The maximum atomic E-state index is 14.2. The van der Waals surface area contributed by atoms with Crippen molar-refractivity contribution in [3.05, 3.63) is 77.9 Å². The van der Waals surface area contributed by atoms with Crippen LogP contribution in [0, 0.1) is 17.8 Å². The highest BCUT2D eigenvalue weighted by Crippen LogP contribution is 2.30. The molecule has 0 aliphatic carbocycles. The number of ether oxygens (including phenoxy) is 2. The third-order valence-corrected chi connectivity index (χ3v) is 13.1. The number of carbonyl (C=O) groups excluding carboxylic acids is 7. The van der Waals surface area contributed by atoms with E-state index in [1.54, 1.807) is 55.1 Å². The van der Waals surface area contributed by atoms with E-state index in [4.69, 9.17) is 15.2 Å². The quantitative estimate of drug-likeness (QED) is 0.0750. The molecule has 4 rings (SSSR count). The molecular weight excluding hydrogens is 878 g/mol. The standard InChI is InChI=1S/C50H73N7O9.ClH/c1-9-33(4)46(55(6)50(64)45(51)32(2)3)40(65-7)30-44(61)56-28-16-19-39(56)47(66-8)34(5)48(62)54-38(29-35-17-12-10-13-18-35)49(63)53-37-23-21-36(22-24-37)31-52-41(58)20-14-11-15-27-57-42(59)25-26-43(57)60;/h10,12-13,17-18,21-26,32-34,38-40,45-47H,9,11,14-16,19-20,27-31,51H2,1-8H3,(H,52,58)(H,53,63)(H,54,62);1H/t33-,34+,38-,39-,40+,45-,46-,47+;/m0./s1. The van der Waals surface area contributed by atoms with Crippen LogP contribution in [0.15, 0.2) is 66.7 Å². The fourth-order valence-electron chi connectivity index (χ4n) is 8.80. The average molecular weight is 953 g/mol. The minimum absolute atomic E-state index is 0. The minimum atomic E-state index is -0.948. The van der Waals surface area contributed by atoms with E-state index in [0.717, 1.165) is 24.0 Å². The number of nitrogens with zero attached hydrogens (tertiary/aromatic N) is 3. The first-order chi connectivity index (χ1) is 31.5. The first kappa shape index (κ1) is 56.2. The van der Waals surface area contributed by atoms with E-state index in [1.165, 1.54) is 24.2 Å². The van der Waals surface area contributed by atoms with Gasteiger partial charge in [-0.25, -0.2) is 0 Å². The first-order valence-electron chi connectivity index (χ1n) is 23.4. The summed E-state index contributed by atoms with van der Waals surface area (Å²) in [5, 5.41) is 8.83. The van der Waals surface area contributed by atoms with Crippen LogP contribution in [-0.4, -0.2) is 127 Å². The van der Waals surface area contributed by atoms with Crippen molar-refractivity contribution < 1.29 is 43.0 Å². The van der Waals surface area contributed by atoms with E-state index < -0.39 is 54.1 Å². The van der Waals surface area contributed by atoms with E-state index in [9.17, 15) is 33.6 Å². The zero-order chi connectivity index (χ0) is 48.5. The Morgan fingerprint density at radius 1 is 0.866 bits per heavy atom. The molecule has 2 aliphatic rings. The van der Waals surface area contributed by atoms with Gasteiger partial charge in [-0.15, -0.1) is 12.4 Å². The number of hydrogen-bond acceptors (Lipinski definition) is 10. The zero-order valence-electron chi connectivity index (χ0n) is 40.5. The summed E-state index contributed by atoms with van der Waals surface area (Å²) in [5.74, 6) is -2.69. The van der Waals surface area contributed by atoms with Crippen LogP contribution in [0.1, 0.15) is 97.1 Å². The number of likely N-dealkylation sites (tertiary alicyclic amines) is 1. The predicted molar refractivity (Wildman–Crippen MR) is 260 cm³/mol. The predicted octanol–water partition coefficient (Wildman–Crippen LogP) is 4.78. The van der Waals surface area contributed by atoms with Crippen molar-refractivity contribution in [1.82, 2.24) is 25.3 Å². The molecule has 370 valence electrons. The van der Waals surface area contributed by atoms with Gasteiger partial charge in [0.05, 0.1) is 42.7 Å². The van der Waals surface area contributed by atoms with Gasteiger partial charge in [0.2, 0.25) is 29.5 Å². The zero-order valence-corrected chi connectivity index (χ0v) is 41.4.